The summed E-state index contributed by atoms with van der Waals surface area (Å²) in [6, 6.07) is -1.10. The first-order chi connectivity index (χ1) is 7.65. The topological polar surface area (TPSA) is 75.7 Å². The molecule has 2 atom stereocenters. The summed E-state index contributed by atoms with van der Waals surface area (Å²) < 4.78 is 4.66. The van der Waals surface area contributed by atoms with E-state index >= 15 is 0 Å². The van der Waals surface area contributed by atoms with Gasteiger partial charge in [0.1, 0.15) is 12.1 Å². The van der Waals surface area contributed by atoms with E-state index in [1.807, 2.05) is 0 Å². The highest BCUT2D eigenvalue weighted by molar-refractivity contribution is 5.97. The minimum absolute atomic E-state index is 0.0250. The fourth-order valence-corrected chi connectivity index (χ4v) is 2.34. The van der Waals surface area contributed by atoms with E-state index in [0.717, 1.165) is 6.42 Å². The van der Waals surface area contributed by atoms with E-state index in [4.69, 9.17) is 0 Å². The molecular formula is C10H14N2O4. The average molecular weight is 226 g/mol. The number of amides is 2. The van der Waals surface area contributed by atoms with Crippen LogP contribution in [0.15, 0.2) is 0 Å². The van der Waals surface area contributed by atoms with Crippen molar-refractivity contribution in [1.29, 1.82) is 0 Å². The number of carbonyl (C=O) groups is 3. The number of fused-ring (bicyclic) bond motifs is 1. The third kappa shape index (κ3) is 1.64. The zero-order chi connectivity index (χ0) is 11.7. The maximum absolute atomic E-state index is 11.7. The predicted molar refractivity (Wildman–Crippen MR) is 53.3 cm³/mol. The van der Waals surface area contributed by atoms with Crippen LogP contribution in [0.5, 0.6) is 0 Å². The van der Waals surface area contributed by atoms with Gasteiger partial charge in [-0.1, -0.05) is 0 Å². The number of esters is 1. The van der Waals surface area contributed by atoms with Crippen molar-refractivity contribution in [2.24, 2.45) is 0 Å². The van der Waals surface area contributed by atoms with Crippen molar-refractivity contribution in [3.05, 3.63) is 0 Å². The molecule has 2 aliphatic rings. The summed E-state index contributed by atoms with van der Waals surface area (Å²) in [5, 5.41) is 2.53. The molecule has 2 aliphatic heterocycles. The quantitative estimate of drug-likeness (QED) is 0.584. The van der Waals surface area contributed by atoms with Crippen LogP contribution in [0.25, 0.3) is 0 Å². The normalized spacial score (nSPS) is 29.4. The Morgan fingerprint density at radius 3 is 2.88 bits per heavy atom. The van der Waals surface area contributed by atoms with Crippen LogP contribution in [0.4, 0.5) is 0 Å². The summed E-state index contributed by atoms with van der Waals surface area (Å²) in [4.78, 5) is 36.2. The largest absolute Gasteiger partial charge is 0.467 e. The Labute approximate surface area is 92.9 Å². The Morgan fingerprint density at radius 1 is 1.44 bits per heavy atom. The summed E-state index contributed by atoms with van der Waals surface area (Å²) in [6.07, 6.45) is 1.94. The monoisotopic (exact) mass is 226 g/mol. The molecule has 88 valence electrons. The van der Waals surface area contributed by atoms with E-state index in [2.05, 4.69) is 10.1 Å². The molecule has 6 heteroatoms. The van der Waals surface area contributed by atoms with E-state index in [9.17, 15) is 14.4 Å². The van der Waals surface area contributed by atoms with E-state index in [-0.39, 0.29) is 18.4 Å². The van der Waals surface area contributed by atoms with Crippen molar-refractivity contribution in [1.82, 2.24) is 10.2 Å². The molecule has 0 aromatic heterocycles. The Bertz CT molecular complexity index is 342. The lowest BCUT2D eigenvalue weighted by atomic mass is 9.93. The molecule has 0 radical (unpaired) electrons. The molecule has 0 aromatic rings. The Balaban J connectivity index is 2.24. The second-order valence-electron chi connectivity index (χ2n) is 4.00. The molecule has 0 unspecified atom stereocenters. The summed E-state index contributed by atoms with van der Waals surface area (Å²) in [5.74, 6) is -0.819. The third-order valence-electron chi connectivity index (χ3n) is 3.10. The lowest BCUT2D eigenvalue weighted by molar-refractivity contribution is -0.162. The molecule has 2 heterocycles. The van der Waals surface area contributed by atoms with E-state index in [1.54, 1.807) is 0 Å². The zero-order valence-corrected chi connectivity index (χ0v) is 9.06. The molecule has 2 amide bonds. The number of nitrogens with zero attached hydrogens (tertiary/aromatic N) is 1. The maximum Gasteiger partial charge on any atom is 0.328 e. The molecule has 6 nitrogen and oxygen atoms in total. The standard InChI is InChI=1S/C10H14N2O4/c1-16-10(15)7-4-2-3-6-9(14)11-5-8(13)12(6)7/h6-7H,2-5H2,1H3,(H,11,14)/t6-,7+/m0/s1. The molecule has 2 fully saturated rings. The Morgan fingerprint density at radius 2 is 2.19 bits per heavy atom. The van der Waals surface area contributed by atoms with Crippen molar-refractivity contribution >= 4 is 17.8 Å². The van der Waals surface area contributed by atoms with Gasteiger partial charge in [-0.2, -0.15) is 0 Å². The van der Waals surface area contributed by atoms with Gasteiger partial charge in [0.25, 0.3) is 0 Å². The van der Waals surface area contributed by atoms with Gasteiger partial charge in [0, 0.05) is 0 Å². The number of hydrogen-bond donors (Lipinski definition) is 1. The molecule has 0 aliphatic carbocycles. The Hall–Kier alpha value is -1.59. The van der Waals surface area contributed by atoms with Crippen LogP contribution in [-0.4, -0.2) is 48.4 Å². The van der Waals surface area contributed by atoms with Gasteiger partial charge in [0.2, 0.25) is 11.8 Å². The van der Waals surface area contributed by atoms with Crippen LogP contribution >= 0.6 is 0 Å². The minimum atomic E-state index is -0.595. The number of nitrogens with one attached hydrogen (secondary N) is 1. The highest BCUT2D eigenvalue weighted by atomic mass is 16.5. The molecule has 16 heavy (non-hydrogen) atoms. The molecule has 2 rings (SSSR count). The van der Waals surface area contributed by atoms with Crippen LogP contribution in [0.1, 0.15) is 19.3 Å². The molecule has 0 spiro atoms. The summed E-state index contributed by atoms with van der Waals surface area (Å²) in [5.41, 5.74) is 0. The van der Waals surface area contributed by atoms with Gasteiger partial charge >= 0.3 is 5.97 Å². The smallest absolute Gasteiger partial charge is 0.328 e. The van der Waals surface area contributed by atoms with Gasteiger partial charge in [0.15, 0.2) is 0 Å². The number of ether oxygens (including phenoxy) is 1. The van der Waals surface area contributed by atoms with Gasteiger partial charge in [-0.3, -0.25) is 9.59 Å². The van der Waals surface area contributed by atoms with Gasteiger partial charge in [0.05, 0.1) is 13.7 Å². The van der Waals surface area contributed by atoms with Crippen LogP contribution < -0.4 is 5.32 Å². The number of carbonyl (C=O) groups excluding carboxylic acids is 3. The Kier molecular flexibility index (Phi) is 2.80. The average Bonchev–Trinajstić information content (AvgIpc) is 2.32. The second-order valence-corrected chi connectivity index (χ2v) is 4.00. The van der Waals surface area contributed by atoms with Crippen molar-refractivity contribution < 1.29 is 19.1 Å². The number of methoxy groups -OCH3 is 1. The van der Waals surface area contributed by atoms with Gasteiger partial charge < -0.3 is 15.0 Å². The fourth-order valence-electron chi connectivity index (χ4n) is 2.34. The first kappa shape index (κ1) is 10.9. The summed E-state index contributed by atoms with van der Waals surface area (Å²) >= 11 is 0. The van der Waals surface area contributed by atoms with Crippen molar-refractivity contribution in [3.63, 3.8) is 0 Å². The molecule has 0 saturated carbocycles. The van der Waals surface area contributed by atoms with Gasteiger partial charge in [-0.25, -0.2) is 4.79 Å². The molecular weight excluding hydrogens is 212 g/mol. The molecule has 1 N–H and O–H groups in total. The van der Waals surface area contributed by atoms with E-state index in [1.165, 1.54) is 12.0 Å². The van der Waals surface area contributed by atoms with Gasteiger partial charge in [-0.15, -0.1) is 0 Å². The lowest BCUT2D eigenvalue weighted by Gasteiger charge is -2.42. The van der Waals surface area contributed by atoms with Crippen LogP contribution in [-0.2, 0) is 19.1 Å². The maximum atomic E-state index is 11.7. The molecule has 2 saturated heterocycles. The molecule has 0 bridgehead atoms. The highest BCUT2D eigenvalue weighted by Crippen LogP contribution is 2.25. The number of piperazine rings is 1. The number of rotatable bonds is 1. The zero-order valence-electron chi connectivity index (χ0n) is 9.06. The van der Waals surface area contributed by atoms with E-state index < -0.39 is 18.1 Å². The minimum Gasteiger partial charge on any atom is -0.467 e. The predicted octanol–water partition coefficient (Wildman–Crippen LogP) is -0.961. The van der Waals surface area contributed by atoms with E-state index in [0.29, 0.717) is 12.8 Å². The lowest BCUT2D eigenvalue weighted by Crippen LogP contribution is -2.64. The van der Waals surface area contributed by atoms with Crippen LogP contribution in [0.2, 0.25) is 0 Å². The van der Waals surface area contributed by atoms with Crippen LogP contribution in [0.3, 0.4) is 0 Å². The van der Waals surface area contributed by atoms with Crippen LogP contribution in [0, 0.1) is 0 Å². The third-order valence-corrected chi connectivity index (χ3v) is 3.10. The SMILES string of the molecule is COC(=O)[C@H]1CCC[C@H]2C(=O)NCC(=O)N12. The first-order valence-corrected chi connectivity index (χ1v) is 5.32. The number of piperidine rings is 1. The van der Waals surface area contributed by atoms with Crippen molar-refractivity contribution in [2.45, 2.75) is 31.3 Å². The summed E-state index contributed by atoms with van der Waals surface area (Å²) in [7, 11) is 1.29. The van der Waals surface area contributed by atoms with Crippen molar-refractivity contribution in [3.8, 4) is 0 Å². The first-order valence-electron chi connectivity index (χ1n) is 5.32. The second kappa shape index (κ2) is 4.11. The highest BCUT2D eigenvalue weighted by Gasteiger charge is 2.44. The van der Waals surface area contributed by atoms with Crippen molar-refractivity contribution in [2.75, 3.05) is 13.7 Å². The molecule has 0 aromatic carbocycles. The van der Waals surface area contributed by atoms with Gasteiger partial charge in [-0.05, 0) is 19.3 Å². The fraction of sp³-hybridized carbons (Fsp3) is 0.700. The summed E-state index contributed by atoms with van der Waals surface area (Å²) in [6.45, 7) is -0.0250. The number of hydrogen-bond acceptors (Lipinski definition) is 4.